The quantitative estimate of drug-likeness (QED) is 0.636. The molecule has 3 aromatic rings. The van der Waals surface area contributed by atoms with Gasteiger partial charge in [0.2, 0.25) is 5.91 Å². The van der Waals surface area contributed by atoms with Gasteiger partial charge in [0.25, 0.3) is 12.0 Å². The molecule has 4 rings (SSSR count). The van der Waals surface area contributed by atoms with Crippen LogP contribution in [-0.2, 0) is 17.9 Å². The van der Waals surface area contributed by atoms with Crippen molar-refractivity contribution in [3.8, 4) is 0 Å². The molecule has 1 aliphatic carbocycles. The lowest BCUT2D eigenvalue weighted by Gasteiger charge is -2.09. The molecule has 0 atom stereocenters. The topological polar surface area (TPSA) is 86.7 Å². The highest BCUT2D eigenvalue weighted by Gasteiger charge is 2.23. The molecule has 1 N–H and O–H groups in total. The van der Waals surface area contributed by atoms with Crippen molar-refractivity contribution < 1.29 is 13.6 Å². The molecule has 3 heterocycles. The zero-order valence-corrected chi connectivity index (χ0v) is 16.7. The van der Waals surface area contributed by atoms with E-state index < -0.39 is 12.0 Å². The maximum absolute atomic E-state index is 13.5. The molecule has 0 bridgehead atoms. The molecule has 1 aliphatic rings. The Morgan fingerprint density at radius 1 is 1.30 bits per heavy atom. The van der Waals surface area contributed by atoms with Crippen molar-refractivity contribution in [3.05, 3.63) is 40.4 Å². The van der Waals surface area contributed by atoms with E-state index in [1.54, 1.807) is 27.8 Å². The van der Waals surface area contributed by atoms with E-state index in [0.29, 0.717) is 12.4 Å². The van der Waals surface area contributed by atoms with Gasteiger partial charge >= 0.3 is 0 Å². The molecular weight excluding hydrogens is 394 g/mol. The number of aryl methyl sites for hydroxylation is 2. The van der Waals surface area contributed by atoms with Crippen LogP contribution in [0.25, 0.3) is 11.0 Å². The van der Waals surface area contributed by atoms with Gasteiger partial charge in [-0.2, -0.15) is 10.2 Å². The van der Waals surface area contributed by atoms with Gasteiger partial charge in [-0.1, -0.05) is 12.8 Å². The Labute approximate surface area is 171 Å². The summed E-state index contributed by atoms with van der Waals surface area (Å²) in [7, 11) is 0. The van der Waals surface area contributed by atoms with Crippen LogP contribution in [0.5, 0.6) is 0 Å². The van der Waals surface area contributed by atoms with E-state index in [1.807, 2.05) is 6.92 Å². The fraction of sp³-hybridized carbons (Fsp3) is 0.500. The summed E-state index contributed by atoms with van der Waals surface area (Å²) in [5.41, 5.74) is -0.699. The average Bonchev–Trinajstić information content (AvgIpc) is 3.46. The SMILES string of the molecule is CCn1ccc(NC(=O)CCn2c(=O)cc(C(F)F)c3cn(C4CCCC4)nc32)n1. The molecule has 0 spiro atoms. The number of carbonyl (C=O) groups excluding carboxylic acids is 1. The minimum absolute atomic E-state index is 0.00168. The zero-order chi connectivity index (χ0) is 21.3. The normalized spacial score (nSPS) is 14.8. The number of aromatic nitrogens is 5. The van der Waals surface area contributed by atoms with Crippen molar-refractivity contribution in [2.45, 2.75) is 64.6 Å². The van der Waals surface area contributed by atoms with Crippen molar-refractivity contribution in [2.75, 3.05) is 5.32 Å². The minimum atomic E-state index is -2.77. The Bertz CT molecular complexity index is 1110. The molecule has 0 aliphatic heterocycles. The Balaban J connectivity index is 1.59. The third kappa shape index (κ3) is 3.99. The third-order valence-corrected chi connectivity index (χ3v) is 5.55. The molecular formula is C20H24F2N6O2. The highest BCUT2D eigenvalue weighted by molar-refractivity contribution is 5.89. The molecule has 0 aromatic carbocycles. The summed E-state index contributed by atoms with van der Waals surface area (Å²) < 4.78 is 31.7. The van der Waals surface area contributed by atoms with E-state index >= 15 is 0 Å². The van der Waals surface area contributed by atoms with Crippen molar-refractivity contribution >= 4 is 22.8 Å². The maximum atomic E-state index is 13.5. The first kappa shape index (κ1) is 20.2. The second-order valence-corrected chi connectivity index (χ2v) is 7.53. The van der Waals surface area contributed by atoms with Crippen molar-refractivity contribution in [3.63, 3.8) is 0 Å². The zero-order valence-electron chi connectivity index (χ0n) is 16.7. The number of carbonyl (C=O) groups is 1. The molecule has 10 heteroatoms. The first-order chi connectivity index (χ1) is 14.5. The second-order valence-electron chi connectivity index (χ2n) is 7.53. The van der Waals surface area contributed by atoms with Gasteiger partial charge in [-0.05, 0) is 19.8 Å². The van der Waals surface area contributed by atoms with E-state index in [4.69, 9.17) is 0 Å². The number of halogens is 2. The van der Waals surface area contributed by atoms with Crippen LogP contribution in [0.15, 0.2) is 29.3 Å². The molecule has 1 fully saturated rings. The Hall–Kier alpha value is -3.04. The fourth-order valence-corrected chi connectivity index (χ4v) is 3.95. The van der Waals surface area contributed by atoms with Crippen molar-refractivity contribution in [1.82, 2.24) is 24.1 Å². The van der Waals surface area contributed by atoms with E-state index in [9.17, 15) is 18.4 Å². The van der Waals surface area contributed by atoms with Gasteiger partial charge in [0.1, 0.15) is 0 Å². The Morgan fingerprint density at radius 2 is 2.07 bits per heavy atom. The summed E-state index contributed by atoms with van der Waals surface area (Å²) in [4.78, 5) is 24.8. The first-order valence-corrected chi connectivity index (χ1v) is 10.2. The third-order valence-electron chi connectivity index (χ3n) is 5.55. The number of amides is 1. The van der Waals surface area contributed by atoms with Crippen molar-refractivity contribution in [2.24, 2.45) is 0 Å². The Kier molecular flexibility index (Phi) is 5.65. The summed E-state index contributed by atoms with van der Waals surface area (Å²) in [5.74, 6) is 0.113. The molecule has 30 heavy (non-hydrogen) atoms. The van der Waals surface area contributed by atoms with Gasteiger partial charge in [0, 0.05) is 55.0 Å². The van der Waals surface area contributed by atoms with E-state index in [2.05, 4.69) is 15.5 Å². The molecule has 160 valence electrons. The van der Waals surface area contributed by atoms with Crippen LogP contribution in [0.1, 0.15) is 57.1 Å². The average molecular weight is 418 g/mol. The molecule has 1 amide bonds. The smallest absolute Gasteiger partial charge is 0.264 e. The predicted molar refractivity (Wildman–Crippen MR) is 108 cm³/mol. The van der Waals surface area contributed by atoms with Crippen molar-refractivity contribution in [1.29, 1.82) is 0 Å². The van der Waals surface area contributed by atoms with Gasteiger partial charge in [-0.3, -0.25) is 23.5 Å². The number of rotatable bonds is 7. The highest BCUT2D eigenvalue weighted by atomic mass is 19.3. The van der Waals surface area contributed by atoms with Gasteiger partial charge < -0.3 is 5.32 Å². The van der Waals surface area contributed by atoms with E-state index in [-0.39, 0.29) is 41.5 Å². The van der Waals surface area contributed by atoms with Gasteiger partial charge in [0.15, 0.2) is 11.5 Å². The van der Waals surface area contributed by atoms with Crippen LogP contribution >= 0.6 is 0 Å². The molecule has 0 unspecified atom stereocenters. The lowest BCUT2D eigenvalue weighted by Crippen LogP contribution is -2.24. The van der Waals surface area contributed by atoms with E-state index in [1.165, 1.54) is 4.57 Å². The number of nitrogens with zero attached hydrogens (tertiary/aromatic N) is 5. The van der Waals surface area contributed by atoms with Crippen LogP contribution in [-0.4, -0.2) is 30.0 Å². The van der Waals surface area contributed by atoms with Crippen LogP contribution in [0.2, 0.25) is 0 Å². The maximum Gasteiger partial charge on any atom is 0.264 e. The monoisotopic (exact) mass is 418 g/mol. The molecule has 0 saturated heterocycles. The number of nitrogens with one attached hydrogen (secondary N) is 1. The number of hydrogen-bond donors (Lipinski definition) is 1. The number of fused-ring (bicyclic) bond motifs is 1. The number of hydrogen-bond acceptors (Lipinski definition) is 4. The minimum Gasteiger partial charge on any atom is -0.309 e. The van der Waals surface area contributed by atoms with Gasteiger partial charge in [0.05, 0.1) is 6.04 Å². The Morgan fingerprint density at radius 3 is 2.73 bits per heavy atom. The fourth-order valence-electron chi connectivity index (χ4n) is 3.95. The standard InChI is InChI=1S/C20H24F2N6O2/c1-2-26-9-7-16(24-26)23-17(29)8-10-27-18(30)11-14(19(21)22)15-12-28(25-20(15)27)13-5-3-4-6-13/h7,9,11-13,19H,2-6,8,10H2,1H3,(H,23,24,29). The summed E-state index contributed by atoms with van der Waals surface area (Å²) >= 11 is 0. The summed E-state index contributed by atoms with van der Waals surface area (Å²) in [6.07, 6.45) is 4.62. The largest absolute Gasteiger partial charge is 0.309 e. The summed E-state index contributed by atoms with van der Waals surface area (Å²) in [6, 6.07) is 2.80. The second kappa shape index (κ2) is 8.37. The number of alkyl halides is 2. The van der Waals surface area contributed by atoms with Gasteiger partial charge in [-0.25, -0.2) is 8.78 Å². The first-order valence-electron chi connectivity index (χ1n) is 10.2. The summed E-state index contributed by atoms with van der Waals surface area (Å²) in [6.45, 7) is 2.66. The number of pyridine rings is 1. The van der Waals surface area contributed by atoms with Crippen LogP contribution in [0, 0.1) is 0 Å². The highest BCUT2D eigenvalue weighted by Crippen LogP contribution is 2.32. The molecule has 3 aromatic heterocycles. The molecule has 0 radical (unpaired) electrons. The number of anilines is 1. The lowest BCUT2D eigenvalue weighted by atomic mass is 10.2. The summed E-state index contributed by atoms with van der Waals surface area (Å²) in [5, 5.41) is 11.6. The van der Waals surface area contributed by atoms with Gasteiger partial charge in [-0.15, -0.1) is 0 Å². The predicted octanol–water partition coefficient (Wildman–Crippen LogP) is 3.50. The van der Waals surface area contributed by atoms with Crippen LogP contribution in [0.4, 0.5) is 14.6 Å². The lowest BCUT2D eigenvalue weighted by molar-refractivity contribution is -0.116. The van der Waals surface area contributed by atoms with E-state index in [0.717, 1.165) is 31.7 Å². The molecule has 8 nitrogen and oxygen atoms in total. The van der Waals surface area contributed by atoms with Crippen LogP contribution in [0.3, 0.4) is 0 Å². The molecule has 1 saturated carbocycles. The van der Waals surface area contributed by atoms with Crippen LogP contribution < -0.4 is 10.9 Å².